The third kappa shape index (κ3) is 6.42. The number of alkyl carbamates (subject to hydrolysis) is 1. The maximum atomic E-state index is 12.5. The van der Waals surface area contributed by atoms with E-state index in [0.29, 0.717) is 11.6 Å². The second-order valence-corrected chi connectivity index (χ2v) is 7.19. The highest BCUT2D eigenvalue weighted by Gasteiger charge is 2.21. The highest BCUT2D eigenvalue weighted by Crippen LogP contribution is 2.22. The summed E-state index contributed by atoms with van der Waals surface area (Å²) in [5, 5.41) is 15.1. The number of hydrogen-bond donors (Lipinski definition) is 1. The number of nitrogens with one attached hydrogen (secondary N) is 1. The van der Waals surface area contributed by atoms with Gasteiger partial charge < -0.3 is 10.1 Å². The molecule has 0 aliphatic heterocycles. The van der Waals surface area contributed by atoms with Gasteiger partial charge in [0, 0.05) is 4.90 Å². The summed E-state index contributed by atoms with van der Waals surface area (Å²) in [6, 6.07) is 18.3. The van der Waals surface area contributed by atoms with Crippen LogP contribution in [0.15, 0.2) is 70.7 Å². The van der Waals surface area contributed by atoms with Gasteiger partial charge in [0.05, 0.1) is 6.04 Å². The minimum Gasteiger partial charge on any atom is -0.445 e. The molecular formula is C20H21N5O3S. The zero-order valence-corrected chi connectivity index (χ0v) is 16.7. The van der Waals surface area contributed by atoms with Gasteiger partial charge in [0.15, 0.2) is 5.78 Å². The van der Waals surface area contributed by atoms with Gasteiger partial charge in [0.1, 0.15) is 13.2 Å². The highest BCUT2D eigenvalue weighted by atomic mass is 32.2. The lowest BCUT2D eigenvalue weighted by Crippen LogP contribution is -2.42. The van der Waals surface area contributed by atoms with Crippen LogP contribution >= 0.6 is 11.8 Å². The highest BCUT2D eigenvalue weighted by molar-refractivity contribution is 7.99. The van der Waals surface area contributed by atoms with Crippen LogP contribution in [0.1, 0.15) is 18.9 Å². The maximum Gasteiger partial charge on any atom is 0.408 e. The lowest BCUT2D eigenvalue weighted by atomic mass is 10.1. The molecule has 0 radical (unpaired) electrons. The van der Waals surface area contributed by atoms with Crippen LogP contribution in [0.3, 0.4) is 0 Å². The van der Waals surface area contributed by atoms with Gasteiger partial charge in [0.25, 0.3) is 0 Å². The molecule has 9 heteroatoms. The molecule has 0 bridgehead atoms. The van der Waals surface area contributed by atoms with Gasteiger partial charge in [-0.05, 0) is 41.1 Å². The summed E-state index contributed by atoms with van der Waals surface area (Å²) >= 11 is 1.36. The molecule has 8 nitrogen and oxygen atoms in total. The first-order chi connectivity index (χ1) is 14.1. The van der Waals surface area contributed by atoms with Crippen molar-refractivity contribution in [2.24, 2.45) is 0 Å². The Kier molecular flexibility index (Phi) is 7.34. The largest absolute Gasteiger partial charge is 0.445 e. The van der Waals surface area contributed by atoms with Crippen molar-refractivity contribution in [1.82, 2.24) is 25.5 Å². The number of Topliss-reactive ketones (excluding diaryl/α,β-unsaturated/α-hetero) is 1. The number of ketones is 1. The van der Waals surface area contributed by atoms with Crippen LogP contribution in [0.2, 0.25) is 0 Å². The number of carbonyl (C=O) groups is 2. The van der Waals surface area contributed by atoms with Crippen molar-refractivity contribution in [3.63, 3.8) is 0 Å². The van der Waals surface area contributed by atoms with Crippen LogP contribution in [0.4, 0.5) is 4.79 Å². The Bertz CT molecular complexity index is 934. The number of ether oxygens (including phenoxy) is 1. The lowest BCUT2D eigenvalue weighted by molar-refractivity contribution is -0.122. The van der Waals surface area contributed by atoms with E-state index in [1.807, 2.05) is 67.6 Å². The molecule has 0 saturated heterocycles. The Balaban J connectivity index is 1.49. The fraction of sp³-hybridized carbons (Fsp3) is 0.250. The summed E-state index contributed by atoms with van der Waals surface area (Å²) in [6.07, 6.45) is -0.208. The van der Waals surface area contributed by atoms with E-state index in [2.05, 4.69) is 20.7 Å². The normalized spacial score (nSPS) is 11.6. The van der Waals surface area contributed by atoms with Gasteiger partial charge in [-0.1, -0.05) is 55.5 Å². The Labute approximate surface area is 172 Å². The molecule has 1 aromatic heterocycles. The molecule has 0 fully saturated rings. The second-order valence-electron chi connectivity index (χ2n) is 6.15. The molecule has 1 amide bonds. The Morgan fingerprint density at radius 1 is 1.10 bits per heavy atom. The fourth-order valence-corrected chi connectivity index (χ4v) is 3.21. The molecule has 29 heavy (non-hydrogen) atoms. The molecule has 0 aliphatic rings. The fourth-order valence-electron chi connectivity index (χ4n) is 2.50. The van der Waals surface area contributed by atoms with Crippen molar-refractivity contribution in [2.45, 2.75) is 42.6 Å². The van der Waals surface area contributed by atoms with Crippen molar-refractivity contribution in [2.75, 3.05) is 0 Å². The quantitative estimate of drug-likeness (QED) is 0.577. The number of carbonyl (C=O) groups excluding carboxylic acids is 2. The molecule has 0 aliphatic carbocycles. The Morgan fingerprint density at radius 2 is 1.79 bits per heavy atom. The monoisotopic (exact) mass is 411 g/mol. The SMILES string of the molecule is CCC(NC(=O)OCc1ccccc1)C(=O)Cn1nnc(Sc2ccccc2)n1. The smallest absolute Gasteiger partial charge is 0.408 e. The first-order valence-electron chi connectivity index (χ1n) is 9.14. The van der Waals surface area contributed by atoms with E-state index in [1.54, 1.807) is 0 Å². The molecule has 1 atom stereocenters. The van der Waals surface area contributed by atoms with E-state index in [1.165, 1.54) is 16.6 Å². The van der Waals surface area contributed by atoms with E-state index in [9.17, 15) is 9.59 Å². The van der Waals surface area contributed by atoms with Crippen LogP contribution in [-0.2, 0) is 22.7 Å². The van der Waals surface area contributed by atoms with Crippen molar-refractivity contribution in [3.8, 4) is 0 Å². The first kappa shape index (κ1) is 20.5. The van der Waals surface area contributed by atoms with E-state index >= 15 is 0 Å². The summed E-state index contributed by atoms with van der Waals surface area (Å²) in [6.45, 7) is 1.87. The Morgan fingerprint density at radius 3 is 2.48 bits per heavy atom. The maximum absolute atomic E-state index is 12.5. The van der Waals surface area contributed by atoms with E-state index in [4.69, 9.17) is 4.74 Å². The molecular weight excluding hydrogens is 390 g/mol. The number of benzene rings is 2. The predicted molar refractivity (Wildman–Crippen MR) is 107 cm³/mol. The van der Waals surface area contributed by atoms with Crippen molar-refractivity contribution in [1.29, 1.82) is 0 Å². The van der Waals surface area contributed by atoms with Gasteiger partial charge in [-0.25, -0.2) is 4.79 Å². The van der Waals surface area contributed by atoms with Crippen LogP contribution in [-0.4, -0.2) is 38.1 Å². The topological polar surface area (TPSA) is 99.0 Å². The molecule has 1 N–H and O–H groups in total. The number of rotatable bonds is 9. The summed E-state index contributed by atoms with van der Waals surface area (Å²) in [7, 11) is 0. The molecule has 1 unspecified atom stereocenters. The predicted octanol–water partition coefficient (Wildman–Crippen LogP) is 3.10. The molecule has 150 valence electrons. The van der Waals surface area contributed by atoms with Gasteiger partial charge >= 0.3 is 6.09 Å². The van der Waals surface area contributed by atoms with E-state index in [0.717, 1.165) is 10.5 Å². The van der Waals surface area contributed by atoms with Crippen LogP contribution in [0.25, 0.3) is 0 Å². The third-order valence-electron chi connectivity index (χ3n) is 3.99. The molecule has 0 spiro atoms. The van der Waals surface area contributed by atoms with Gasteiger partial charge in [-0.15, -0.1) is 10.2 Å². The molecule has 2 aromatic carbocycles. The summed E-state index contributed by atoms with van der Waals surface area (Å²) in [4.78, 5) is 26.7. The molecule has 3 aromatic rings. The Hall–Kier alpha value is -3.20. The van der Waals surface area contributed by atoms with Crippen molar-refractivity contribution >= 4 is 23.6 Å². The number of amides is 1. The zero-order valence-electron chi connectivity index (χ0n) is 15.9. The van der Waals surface area contributed by atoms with E-state index < -0.39 is 12.1 Å². The van der Waals surface area contributed by atoms with Gasteiger partial charge in [0.2, 0.25) is 5.16 Å². The number of hydrogen-bond acceptors (Lipinski definition) is 7. The second kappa shape index (κ2) is 10.4. The number of nitrogens with zero attached hydrogens (tertiary/aromatic N) is 4. The van der Waals surface area contributed by atoms with Crippen molar-refractivity contribution in [3.05, 3.63) is 66.2 Å². The van der Waals surface area contributed by atoms with E-state index in [-0.39, 0.29) is 18.9 Å². The average molecular weight is 411 g/mol. The molecule has 1 heterocycles. The van der Waals surface area contributed by atoms with Crippen LogP contribution in [0, 0.1) is 0 Å². The zero-order chi connectivity index (χ0) is 20.5. The summed E-state index contributed by atoms with van der Waals surface area (Å²) in [5.41, 5.74) is 0.872. The van der Waals surface area contributed by atoms with Crippen LogP contribution in [0.5, 0.6) is 0 Å². The molecule has 0 saturated carbocycles. The lowest BCUT2D eigenvalue weighted by Gasteiger charge is -2.15. The third-order valence-corrected chi connectivity index (χ3v) is 4.84. The summed E-state index contributed by atoms with van der Waals surface area (Å²) < 4.78 is 5.18. The van der Waals surface area contributed by atoms with Crippen molar-refractivity contribution < 1.29 is 14.3 Å². The van der Waals surface area contributed by atoms with Gasteiger partial charge in [-0.2, -0.15) is 4.80 Å². The first-order valence-corrected chi connectivity index (χ1v) is 9.96. The number of aromatic nitrogens is 4. The average Bonchev–Trinajstić information content (AvgIpc) is 3.18. The minimum absolute atomic E-state index is 0.0835. The summed E-state index contributed by atoms with van der Waals surface area (Å²) in [5.74, 6) is -0.224. The number of tetrazole rings is 1. The van der Waals surface area contributed by atoms with Gasteiger partial charge in [-0.3, -0.25) is 4.79 Å². The molecule has 3 rings (SSSR count). The van der Waals surface area contributed by atoms with Crippen LogP contribution < -0.4 is 5.32 Å². The minimum atomic E-state index is -0.686. The standard InChI is InChI=1S/C20H21N5O3S/c1-2-17(21-20(27)28-14-15-9-5-3-6-10-15)18(26)13-25-23-19(22-24-25)29-16-11-7-4-8-12-16/h3-12,17H,2,13-14H2,1H3,(H,21,27).